The van der Waals surface area contributed by atoms with Crippen LogP contribution in [-0.2, 0) is 4.74 Å². The van der Waals surface area contributed by atoms with Gasteiger partial charge in [-0.25, -0.2) is 4.98 Å². The summed E-state index contributed by atoms with van der Waals surface area (Å²) in [5, 5.41) is 0. The number of ketones is 1. The lowest BCUT2D eigenvalue weighted by atomic mass is 10.2. The maximum atomic E-state index is 11.2. The quantitative estimate of drug-likeness (QED) is 0.710. The summed E-state index contributed by atoms with van der Waals surface area (Å²) in [7, 11) is 1.69. The average molecular weight is 236 g/mol. The Morgan fingerprint density at radius 3 is 2.59 bits per heavy atom. The molecule has 17 heavy (non-hydrogen) atoms. The van der Waals surface area contributed by atoms with Gasteiger partial charge < -0.3 is 9.64 Å². The molecular weight excluding hydrogens is 216 g/mol. The second kappa shape index (κ2) is 6.35. The Morgan fingerprint density at radius 2 is 2.18 bits per heavy atom. The minimum atomic E-state index is 0.0389. The molecule has 0 N–H and O–H groups in total. The molecule has 0 fully saturated rings. The van der Waals surface area contributed by atoms with E-state index in [9.17, 15) is 4.79 Å². The molecule has 0 amide bonds. The third kappa shape index (κ3) is 3.82. The van der Waals surface area contributed by atoms with Gasteiger partial charge in [0.15, 0.2) is 5.78 Å². The lowest BCUT2D eigenvalue weighted by Crippen LogP contribution is -2.34. The van der Waals surface area contributed by atoms with Crippen molar-refractivity contribution in [3.05, 3.63) is 23.9 Å². The zero-order valence-corrected chi connectivity index (χ0v) is 10.9. The Bertz CT molecular complexity index is 360. The molecule has 1 aromatic rings. The molecule has 0 radical (unpaired) electrons. The van der Waals surface area contributed by atoms with Gasteiger partial charge >= 0.3 is 0 Å². The van der Waals surface area contributed by atoms with Crippen LogP contribution in [-0.4, -0.2) is 37.1 Å². The van der Waals surface area contributed by atoms with E-state index in [0.717, 1.165) is 12.4 Å². The van der Waals surface area contributed by atoms with Crippen LogP contribution in [0.15, 0.2) is 18.3 Å². The third-order valence-corrected chi connectivity index (χ3v) is 2.61. The first-order valence-corrected chi connectivity index (χ1v) is 5.78. The minimum absolute atomic E-state index is 0.0389. The monoisotopic (exact) mass is 236 g/mol. The fourth-order valence-corrected chi connectivity index (χ4v) is 1.59. The van der Waals surface area contributed by atoms with Crippen LogP contribution >= 0.6 is 0 Å². The van der Waals surface area contributed by atoms with Crippen molar-refractivity contribution >= 4 is 11.6 Å². The molecule has 0 aromatic carbocycles. The van der Waals surface area contributed by atoms with Gasteiger partial charge in [0.05, 0.1) is 6.61 Å². The Morgan fingerprint density at radius 1 is 1.47 bits per heavy atom. The van der Waals surface area contributed by atoms with Crippen LogP contribution in [0.5, 0.6) is 0 Å². The first-order valence-electron chi connectivity index (χ1n) is 5.78. The molecule has 4 heteroatoms. The van der Waals surface area contributed by atoms with Crippen molar-refractivity contribution in [3.63, 3.8) is 0 Å². The van der Waals surface area contributed by atoms with Gasteiger partial charge in [-0.2, -0.15) is 0 Å². The topological polar surface area (TPSA) is 42.4 Å². The average Bonchev–Trinajstić information content (AvgIpc) is 2.29. The zero-order valence-electron chi connectivity index (χ0n) is 10.9. The number of anilines is 1. The van der Waals surface area contributed by atoms with Gasteiger partial charge in [-0.1, -0.05) is 0 Å². The van der Waals surface area contributed by atoms with Crippen molar-refractivity contribution in [2.45, 2.75) is 26.8 Å². The molecule has 1 heterocycles. The lowest BCUT2D eigenvalue weighted by molar-refractivity contribution is 0.101. The van der Waals surface area contributed by atoms with Crippen LogP contribution in [0.1, 0.15) is 31.1 Å². The molecule has 94 valence electrons. The number of pyridine rings is 1. The minimum Gasteiger partial charge on any atom is -0.383 e. The number of carbonyl (C=O) groups excluding carboxylic acids is 1. The highest BCUT2D eigenvalue weighted by atomic mass is 16.5. The summed E-state index contributed by atoms with van der Waals surface area (Å²) in [6, 6.07) is 4.04. The predicted molar refractivity (Wildman–Crippen MR) is 68.6 cm³/mol. The maximum absolute atomic E-state index is 11.2. The Balaban J connectivity index is 2.83. The predicted octanol–water partition coefficient (Wildman–Crippen LogP) is 2.15. The molecule has 4 nitrogen and oxygen atoms in total. The summed E-state index contributed by atoms with van der Waals surface area (Å²) in [5.74, 6) is 0.916. The van der Waals surface area contributed by atoms with Crippen molar-refractivity contribution in [2.24, 2.45) is 0 Å². The number of hydrogen-bond donors (Lipinski definition) is 0. The van der Waals surface area contributed by atoms with Crippen molar-refractivity contribution in [1.29, 1.82) is 0 Å². The van der Waals surface area contributed by atoms with Crippen molar-refractivity contribution in [3.8, 4) is 0 Å². The van der Waals surface area contributed by atoms with Gasteiger partial charge in [-0.3, -0.25) is 4.79 Å². The van der Waals surface area contributed by atoms with Gasteiger partial charge in [0, 0.05) is 31.5 Å². The van der Waals surface area contributed by atoms with Gasteiger partial charge in [0.25, 0.3) is 0 Å². The van der Waals surface area contributed by atoms with E-state index in [1.54, 1.807) is 20.2 Å². The first kappa shape index (κ1) is 13.6. The van der Waals surface area contributed by atoms with E-state index in [2.05, 4.69) is 23.7 Å². The van der Waals surface area contributed by atoms with E-state index in [-0.39, 0.29) is 5.78 Å². The van der Waals surface area contributed by atoms with E-state index >= 15 is 0 Å². The molecule has 0 aliphatic rings. The molecule has 0 bridgehead atoms. The second-order valence-corrected chi connectivity index (χ2v) is 4.24. The number of aromatic nitrogens is 1. The molecule has 0 saturated carbocycles. The van der Waals surface area contributed by atoms with Gasteiger partial charge in [0.2, 0.25) is 0 Å². The smallest absolute Gasteiger partial charge is 0.161 e. The van der Waals surface area contributed by atoms with Crippen LogP contribution in [0, 0.1) is 0 Å². The first-order chi connectivity index (χ1) is 8.06. The fourth-order valence-electron chi connectivity index (χ4n) is 1.59. The summed E-state index contributed by atoms with van der Waals surface area (Å²) >= 11 is 0. The summed E-state index contributed by atoms with van der Waals surface area (Å²) in [4.78, 5) is 17.6. The largest absolute Gasteiger partial charge is 0.383 e. The van der Waals surface area contributed by atoms with Crippen molar-refractivity contribution < 1.29 is 9.53 Å². The molecule has 0 unspecified atom stereocenters. The highest BCUT2D eigenvalue weighted by molar-refractivity contribution is 5.93. The van der Waals surface area contributed by atoms with Crippen LogP contribution in [0.4, 0.5) is 5.82 Å². The number of ether oxygens (including phenoxy) is 1. The summed E-state index contributed by atoms with van der Waals surface area (Å²) in [6.07, 6.45) is 1.62. The van der Waals surface area contributed by atoms with Crippen molar-refractivity contribution in [2.75, 3.05) is 25.2 Å². The van der Waals surface area contributed by atoms with Crippen LogP contribution < -0.4 is 4.90 Å². The third-order valence-electron chi connectivity index (χ3n) is 2.61. The van der Waals surface area contributed by atoms with E-state index in [1.807, 2.05) is 12.1 Å². The molecule has 0 spiro atoms. The molecule has 0 saturated heterocycles. The van der Waals surface area contributed by atoms with Crippen molar-refractivity contribution in [1.82, 2.24) is 4.98 Å². The van der Waals surface area contributed by atoms with Gasteiger partial charge in [-0.15, -0.1) is 0 Å². The van der Waals surface area contributed by atoms with Crippen LogP contribution in [0.25, 0.3) is 0 Å². The van der Waals surface area contributed by atoms with Crippen LogP contribution in [0.3, 0.4) is 0 Å². The number of hydrogen-bond acceptors (Lipinski definition) is 4. The Hall–Kier alpha value is -1.42. The Labute approximate surface area is 103 Å². The molecule has 0 aliphatic carbocycles. The number of nitrogens with zero attached hydrogens (tertiary/aromatic N) is 2. The fraction of sp³-hybridized carbons (Fsp3) is 0.538. The molecule has 1 aromatic heterocycles. The molecule has 0 aliphatic heterocycles. The summed E-state index contributed by atoms with van der Waals surface area (Å²) in [5.41, 5.74) is 0.643. The second-order valence-electron chi connectivity index (χ2n) is 4.24. The zero-order chi connectivity index (χ0) is 12.8. The van der Waals surface area contributed by atoms with E-state index in [4.69, 9.17) is 4.74 Å². The lowest BCUT2D eigenvalue weighted by Gasteiger charge is -2.27. The highest BCUT2D eigenvalue weighted by Crippen LogP contribution is 2.14. The normalized spacial score (nSPS) is 10.6. The SMILES string of the molecule is COCCN(c1ccc(C(C)=O)cn1)C(C)C. The highest BCUT2D eigenvalue weighted by Gasteiger charge is 2.11. The standard InChI is InChI=1S/C13H20N2O2/c1-10(2)15(7-8-17-4)13-6-5-12(9-14-13)11(3)16/h5-6,9-10H,7-8H2,1-4H3. The van der Waals surface area contributed by atoms with E-state index in [0.29, 0.717) is 18.2 Å². The maximum Gasteiger partial charge on any atom is 0.161 e. The molecule has 0 atom stereocenters. The van der Waals surface area contributed by atoms with Gasteiger partial charge in [-0.05, 0) is 32.9 Å². The Kier molecular flexibility index (Phi) is 5.10. The summed E-state index contributed by atoms with van der Waals surface area (Å²) in [6.45, 7) is 7.21. The summed E-state index contributed by atoms with van der Waals surface area (Å²) < 4.78 is 5.08. The molecule has 1 rings (SSSR count). The number of carbonyl (C=O) groups is 1. The van der Waals surface area contributed by atoms with Crippen LogP contribution in [0.2, 0.25) is 0 Å². The number of Topliss-reactive ketones (excluding diaryl/α,β-unsaturated/α-hetero) is 1. The van der Waals surface area contributed by atoms with Gasteiger partial charge in [0.1, 0.15) is 5.82 Å². The van der Waals surface area contributed by atoms with E-state index in [1.165, 1.54) is 0 Å². The molecular formula is C13H20N2O2. The van der Waals surface area contributed by atoms with E-state index < -0.39 is 0 Å². The number of rotatable bonds is 6. The number of methoxy groups -OCH3 is 1.